The number of halogens is 1. The average Bonchev–Trinajstić information content (AvgIpc) is 3.44. The number of benzene rings is 2. The van der Waals surface area contributed by atoms with Gasteiger partial charge in [-0.15, -0.1) is 0 Å². The minimum atomic E-state index is -0.584. The number of anilines is 1. The van der Waals surface area contributed by atoms with Crippen molar-refractivity contribution in [3.63, 3.8) is 0 Å². The summed E-state index contributed by atoms with van der Waals surface area (Å²) in [5.74, 6) is -0.0560. The highest BCUT2D eigenvalue weighted by atomic mass is 19.1. The van der Waals surface area contributed by atoms with Crippen molar-refractivity contribution >= 4 is 23.6 Å². The molecule has 2 aromatic carbocycles. The molecule has 1 fully saturated rings. The topological polar surface area (TPSA) is 90.0 Å². The Morgan fingerprint density at radius 2 is 1.78 bits per heavy atom. The van der Waals surface area contributed by atoms with Crippen LogP contribution in [0.1, 0.15) is 28.8 Å². The van der Waals surface area contributed by atoms with E-state index in [1.54, 1.807) is 41.4 Å². The van der Waals surface area contributed by atoms with E-state index in [2.05, 4.69) is 10.3 Å². The van der Waals surface area contributed by atoms with Crippen molar-refractivity contribution in [2.24, 2.45) is 0 Å². The fourth-order valence-electron chi connectivity index (χ4n) is 3.83. The van der Waals surface area contributed by atoms with Gasteiger partial charge in [0.15, 0.2) is 23.1 Å². The third-order valence-corrected chi connectivity index (χ3v) is 5.65. The number of methoxy groups -OCH3 is 2. The van der Waals surface area contributed by atoms with Gasteiger partial charge in [-0.05, 0) is 54.8 Å². The molecule has 1 saturated heterocycles. The maximum absolute atomic E-state index is 14.5. The first kappa shape index (κ1) is 24.7. The van der Waals surface area contributed by atoms with Crippen molar-refractivity contribution in [3.8, 4) is 23.0 Å². The summed E-state index contributed by atoms with van der Waals surface area (Å²) in [5.41, 5.74) is 1.06. The minimum Gasteiger partial charge on any atom is -0.493 e. The number of amides is 2. The third-order valence-electron chi connectivity index (χ3n) is 5.65. The second kappa shape index (κ2) is 11.4. The number of aromatic nitrogens is 1. The molecular weight excluding hydrogens is 465 g/mol. The zero-order valence-electron chi connectivity index (χ0n) is 20.0. The van der Waals surface area contributed by atoms with Crippen LogP contribution in [0.25, 0.3) is 6.08 Å². The van der Waals surface area contributed by atoms with E-state index in [1.807, 2.05) is 0 Å². The van der Waals surface area contributed by atoms with Crippen LogP contribution in [0.5, 0.6) is 23.0 Å². The molecule has 0 atom stereocenters. The molecule has 1 aromatic heterocycles. The van der Waals surface area contributed by atoms with Crippen molar-refractivity contribution in [1.82, 2.24) is 9.88 Å². The summed E-state index contributed by atoms with van der Waals surface area (Å²) in [4.78, 5) is 31.5. The summed E-state index contributed by atoms with van der Waals surface area (Å²) in [7, 11) is 2.96. The van der Waals surface area contributed by atoms with Crippen LogP contribution in [-0.4, -0.2) is 49.0 Å². The number of pyridine rings is 1. The van der Waals surface area contributed by atoms with Gasteiger partial charge in [-0.25, -0.2) is 4.39 Å². The van der Waals surface area contributed by atoms with Gasteiger partial charge in [-0.3, -0.25) is 14.6 Å². The Bertz CT molecular complexity index is 1270. The number of carbonyl (C=O) groups excluding carboxylic acids is 2. The maximum Gasteiger partial charge on any atom is 0.256 e. The molecule has 1 aliphatic heterocycles. The van der Waals surface area contributed by atoms with Crippen LogP contribution in [0.4, 0.5) is 10.1 Å². The number of hydrogen-bond donors (Lipinski definition) is 1. The lowest BCUT2D eigenvalue weighted by atomic mass is 10.1. The molecule has 0 aliphatic carbocycles. The highest BCUT2D eigenvalue weighted by Crippen LogP contribution is 2.34. The summed E-state index contributed by atoms with van der Waals surface area (Å²) in [5, 5.41) is 2.74. The van der Waals surface area contributed by atoms with Crippen LogP contribution in [0.2, 0.25) is 0 Å². The smallest absolute Gasteiger partial charge is 0.256 e. The van der Waals surface area contributed by atoms with Crippen LogP contribution >= 0.6 is 0 Å². The normalized spacial score (nSPS) is 13.0. The first-order chi connectivity index (χ1) is 17.5. The molecule has 2 amide bonds. The Hall–Kier alpha value is -4.40. The lowest BCUT2D eigenvalue weighted by molar-refractivity contribution is -0.111. The average molecular weight is 492 g/mol. The van der Waals surface area contributed by atoms with Gasteiger partial charge in [0.2, 0.25) is 5.91 Å². The molecular formula is C27H26FN3O5. The number of ether oxygens (including phenoxy) is 3. The van der Waals surface area contributed by atoms with E-state index in [0.29, 0.717) is 47.2 Å². The van der Waals surface area contributed by atoms with Gasteiger partial charge in [0.05, 0.1) is 31.7 Å². The largest absolute Gasteiger partial charge is 0.493 e. The first-order valence-electron chi connectivity index (χ1n) is 11.4. The molecule has 1 aliphatic rings. The number of rotatable bonds is 8. The van der Waals surface area contributed by atoms with Crippen molar-refractivity contribution in [1.29, 1.82) is 0 Å². The summed E-state index contributed by atoms with van der Waals surface area (Å²) < 4.78 is 30.7. The Labute approximate surface area is 208 Å². The van der Waals surface area contributed by atoms with E-state index < -0.39 is 11.7 Å². The van der Waals surface area contributed by atoms with Crippen molar-refractivity contribution in [3.05, 3.63) is 77.9 Å². The van der Waals surface area contributed by atoms with Gasteiger partial charge < -0.3 is 24.4 Å². The molecule has 0 saturated carbocycles. The van der Waals surface area contributed by atoms with Crippen molar-refractivity contribution in [2.75, 3.05) is 32.6 Å². The second-order valence-corrected chi connectivity index (χ2v) is 8.06. The number of hydrogen-bond acceptors (Lipinski definition) is 6. The van der Waals surface area contributed by atoms with Crippen LogP contribution in [-0.2, 0) is 4.79 Å². The van der Waals surface area contributed by atoms with E-state index in [1.165, 1.54) is 44.7 Å². The zero-order chi connectivity index (χ0) is 25.5. The number of likely N-dealkylation sites (tertiary alicyclic amines) is 1. The Kier molecular flexibility index (Phi) is 7.79. The van der Waals surface area contributed by atoms with E-state index in [9.17, 15) is 14.0 Å². The van der Waals surface area contributed by atoms with Gasteiger partial charge in [0.25, 0.3) is 5.91 Å². The van der Waals surface area contributed by atoms with E-state index in [0.717, 1.165) is 12.8 Å². The zero-order valence-corrected chi connectivity index (χ0v) is 20.0. The maximum atomic E-state index is 14.5. The second-order valence-electron chi connectivity index (χ2n) is 8.06. The van der Waals surface area contributed by atoms with E-state index in [-0.39, 0.29) is 11.7 Å². The van der Waals surface area contributed by atoms with E-state index >= 15 is 0 Å². The molecule has 2 heterocycles. The summed E-state index contributed by atoms with van der Waals surface area (Å²) >= 11 is 0. The van der Waals surface area contributed by atoms with Crippen LogP contribution in [0.3, 0.4) is 0 Å². The summed E-state index contributed by atoms with van der Waals surface area (Å²) in [6.45, 7) is 1.32. The lowest BCUT2D eigenvalue weighted by Gasteiger charge is -2.19. The minimum absolute atomic E-state index is 0.0417. The molecule has 8 nitrogen and oxygen atoms in total. The molecule has 36 heavy (non-hydrogen) atoms. The monoisotopic (exact) mass is 491 g/mol. The molecule has 4 rings (SSSR count). The standard InChI is InChI=1S/C27H26FN3O5/c1-34-24-15-20(27(33)31-12-3-4-13-31)22(16-25(24)35-2)30-26(32)10-8-18-7-9-23(21(28)14-18)36-19-6-5-11-29-17-19/h5-11,14-17H,3-4,12-13H2,1-2H3,(H,30,32)/b10-8+. The van der Waals surface area contributed by atoms with Crippen LogP contribution < -0.4 is 19.5 Å². The highest BCUT2D eigenvalue weighted by molar-refractivity contribution is 6.08. The fourth-order valence-corrected chi connectivity index (χ4v) is 3.83. The van der Waals surface area contributed by atoms with Crippen LogP contribution in [0, 0.1) is 5.82 Å². The van der Waals surface area contributed by atoms with Gasteiger partial charge in [0, 0.05) is 31.4 Å². The Morgan fingerprint density at radius 3 is 2.44 bits per heavy atom. The fraction of sp³-hybridized carbons (Fsp3) is 0.222. The van der Waals surface area contributed by atoms with Gasteiger partial charge in [0.1, 0.15) is 5.75 Å². The molecule has 0 spiro atoms. The predicted molar refractivity (Wildman–Crippen MR) is 133 cm³/mol. The van der Waals surface area contributed by atoms with Crippen LogP contribution in [0.15, 0.2) is 60.9 Å². The SMILES string of the molecule is COc1cc(NC(=O)/C=C/c2ccc(Oc3cccnc3)c(F)c2)c(C(=O)N2CCCC2)cc1OC. The van der Waals surface area contributed by atoms with Crippen molar-refractivity contribution < 1.29 is 28.2 Å². The highest BCUT2D eigenvalue weighted by Gasteiger charge is 2.24. The molecule has 9 heteroatoms. The summed E-state index contributed by atoms with van der Waals surface area (Å²) in [6.07, 6.45) is 7.67. The number of nitrogens with one attached hydrogen (secondary N) is 1. The van der Waals surface area contributed by atoms with Gasteiger partial charge in [-0.2, -0.15) is 0 Å². The molecule has 0 bridgehead atoms. The molecule has 186 valence electrons. The number of carbonyl (C=O) groups is 2. The summed E-state index contributed by atoms with van der Waals surface area (Å²) in [6, 6.07) is 10.8. The molecule has 0 radical (unpaired) electrons. The lowest BCUT2D eigenvalue weighted by Crippen LogP contribution is -2.28. The van der Waals surface area contributed by atoms with Gasteiger partial charge in [-0.1, -0.05) is 6.07 Å². The molecule has 0 unspecified atom stereocenters. The Balaban J connectivity index is 1.51. The van der Waals surface area contributed by atoms with E-state index in [4.69, 9.17) is 14.2 Å². The number of nitrogens with zero attached hydrogens (tertiary/aromatic N) is 2. The Morgan fingerprint density at radius 1 is 1.03 bits per heavy atom. The molecule has 1 N–H and O–H groups in total. The quantitative estimate of drug-likeness (QED) is 0.450. The third kappa shape index (κ3) is 5.80. The predicted octanol–water partition coefficient (Wildman–Crippen LogP) is 4.92. The molecule has 3 aromatic rings. The van der Waals surface area contributed by atoms with Gasteiger partial charge >= 0.3 is 0 Å². The van der Waals surface area contributed by atoms with Crippen molar-refractivity contribution in [2.45, 2.75) is 12.8 Å². The first-order valence-corrected chi connectivity index (χ1v) is 11.4.